The number of fused-ring (bicyclic) bond motifs is 1. The molecule has 3 aromatic rings. The Hall–Kier alpha value is -3.62. The quantitative estimate of drug-likeness (QED) is 0.448. The van der Waals surface area contributed by atoms with E-state index in [9.17, 15) is 19.2 Å². The second-order valence-electron chi connectivity index (χ2n) is 8.89. The summed E-state index contributed by atoms with van der Waals surface area (Å²) >= 11 is 0. The largest absolute Gasteiger partial charge is 0.497 e. The van der Waals surface area contributed by atoms with E-state index >= 15 is 0 Å². The molecule has 8 heteroatoms. The average molecular weight is 489 g/mol. The molecule has 1 aliphatic carbocycles. The first kappa shape index (κ1) is 25.5. The number of rotatable bonds is 9. The molecule has 0 unspecified atom stereocenters. The molecular weight excluding hydrogens is 460 g/mol. The maximum Gasteiger partial charge on any atom is 0.496 e. The van der Waals surface area contributed by atoms with Gasteiger partial charge in [0, 0.05) is 31.8 Å². The molecule has 6 nitrogen and oxygen atoms in total. The summed E-state index contributed by atoms with van der Waals surface area (Å²) < 4.78 is 26.9. The maximum atomic E-state index is 14.2. The minimum Gasteiger partial charge on any atom is -0.497 e. The van der Waals surface area contributed by atoms with Crippen molar-refractivity contribution in [3.8, 4) is 11.5 Å². The molecule has 4 rings (SSSR count). The monoisotopic (exact) mass is 489 g/mol. The zero-order chi connectivity index (χ0) is 26.0. The van der Waals surface area contributed by atoms with Gasteiger partial charge in [-0.3, -0.25) is 4.79 Å². The van der Waals surface area contributed by atoms with Crippen LogP contribution in [0, 0.1) is 5.82 Å². The van der Waals surface area contributed by atoms with Crippen molar-refractivity contribution in [1.29, 1.82) is 0 Å². The lowest BCUT2D eigenvalue weighted by Crippen LogP contribution is -2.32. The van der Waals surface area contributed by atoms with Crippen LogP contribution >= 0.6 is 0 Å². The van der Waals surface area contributed by atoms with E-state index in [2.05, 4.69) is 0 Å². The summed E-state index contributed by atoms with van der Waals surface area (Å²) in [5, 5.41) is 19.5. The topological polar surface area (TPSA) is 80.9 Å². The van der Waals surface area contributed by atoms with Gasteiger partial charge in [-0.1, -0.05) is 6.07 Å². The molecule has 0 radical (unpaired) electrons. The third-order valence-corrected chi connectivity index (χ3v) is 6.67. The summed E-state index contributed by atoms with van der Waals surface area (Å²) in [5.41, 5.74) is 6.29. The number of hydrogen-bond donors (Lipinski definition) is 2. The highest BCUT2D eigenvalue weighted by Crippen LogP contribution is 2.44. The van der Waals surface area contributed by atoms with Crippen molar-refractivity contribution in [3.05, 3.63) is 82.4 Å². The van der Waals surface area contributed by atoms with Gasteiger partial charge in [-0.05, 0) is 89.2 Å². The van der Waals surface area contributed by atoms with Crippen molar-refractivity contribution in [2.75, 3.05) is 14.2 Å². The van der Waals surface area contributed by atoms with Crippen LogP contribution in [-0.4, -0.2) is 41.7 Å². The molecule has 186 valence electrons. The van der Waals surface area contributed by atoms with Crippen LogP contribution in [0.3, 0.4) is 0 Å². The van der Waals surface area contributed by atoms with Crippen molar-refractivity contribution in [2.24, 2.45) is 7.05 Å². The molecule has 0 bridgehead atoms. The zero-order valence-corrected chi connectivity index (χ0v) is 20.8. The Morgan fingerprint density at radius 3 is 2.36 bits per heavy atom. The second-order valence-corrected chi connectivity index (χ2v) is 8.89. The molecule has 0 spiro atoms. The van der Waals surface area contributed by atoms with Gasteiger partial charge in [-0.15, -0.1) is 0 Å². The van der Waals surface area contributed by atoms with Crippen LogP contribution in [0.15, 0.2) is 54.2 Å². The summed E-state index contributed by atoms with van der Waals surface area (Å²) in [7, 11) is 3.05. The molecule has 0 fully saturated rings. The van der Waals surface area contributed by atoms with Gasteiger partial charge in [0.25, 0.3) is 0 Å². The lowest BCUT2D eigenvalue weighted by atomic mass is 9.78. The van der Waals surface area contributed by atoms with Gasteiger partial charge in [0.15, 0.2) is 0 Å². The first-order valence-electron chi connectivity index (χ1n) is 11.7. The van der Waals surface area contributed by atoms with Gasteiger partial charge in [-0.2, -0.15) is 0 Å². The molecule has 0 amide bonds. The molecule has 2 N–H and O–H groups in total. The maximum absolute atomic E-state index is 14.2. The second kappa shape index (κ2) is 10.6. The zero-order valence-electron chi connectivity index (χ0n) is 20.8. The first-order chi connectivity index (χ1) is 17.2. The van der Waals surface area contributed by atoms with E-state index in [1.54, 1.807) is 18.2 Å². The Labute approximate surface area is 210 Å². The summed E-state index contributed by atoms with van der Waals surface area (Å²) in [6.07, 6.45) is 5.07. The number of hydrogen-bond acceptors (Lipinski definition) is 5. The smallest absolute Gasteiger partial charge is 0.496 e. The van der Waals surface area contributed by atoms with E-state index in [4.69, 9.17) is 9.47 Å². The highest BCUT2D eigenvalue weighted by molar-refractivity contribution is 6.61. The molecule has 0 aliphatic heterocycles. The highest BCUT2D eigenvalue weighted by Gasteiger charge is 2.26. The summed E-state index contributed by atoms with van der Waals surface area (Å²) in [5.74, 6) is 0.350. The summed E-state index contributed by atoms with van der Waals surface area (Å²) in [6, 6.07) is 11.9. The predicted molar refractivity (Wildman–Crippen MR) is 140 cm³/mol. The molecule has 1 aromatic heterocycles. The van der Waals surface area contributed by atoms with Gasteiger partial charge in [0.2, 0.25) is 0 Å². The minimum absolute atomic E-state index is 0.125. The highest BCUT2D eigenvalue weighted by atomic mass is 19.1. The SMILES string of the molecule is COc1cc(/C=C2/C(C)=C(CCC(=O)Cc3cccn3C)c3cc(F)ccc32)cc(OC)c1B(O)O. The van der Waals surface area contributed by atoms with E-state index in [0.29, 0.717) is 19.3 Å². The molecular formula is C28H29BFNO5. The number of aryl methyl sites for hydroxylation is 1. The van der Waals surface area contributed by atoms with Crippen LogP contribution in [0.4, 0.5) is 4.39 Å². The number of Topliss-reactive ketones (excluding diaryl/α,β-unsaturated/α-hetero) is 1. The van der Waals surface area contributed by atoms with Gasteiger partial charge in [-0.25, -0.2) is 4.39 Å². The molecule has 0 atom stereocenters. The van der Waals surface area contributed by atoms with Crippen molar-refractivity contribution in [3.63, 3.8) is 0 Å². The molecule has 2 aromatic carbocycles. The standard InChI is InChI=1S/C28H29BFNO5/c1-17-22(10-8-21(32)16-20-6-5-11-31(20)2)25-15-19(30)7-9-23(25)24(17)12-18-13-26(35-3)28(29(33)34)27(14-18)36-4/h5-7,9,11-15,33-34H,8,10,16H2,1-4H3/b24-12-. The van der Waals surface area contributed by atoms with E-state index < -0.39 is 7.12 Å². The Morgan fingerprint density at radius 1 is 1.08 bits per heavy atom. The van der Waals surface area contributed by atoms with Gasteiger partial charge in [0.05, 0.1) is 19.7 Å². The summed E-state index contributed by atoms with van der Waals surface area (Å²) in [6.45, 7) is 1.97. The van der Waals surface area contributed by atoms with E-state index in [1.165, 1.54) is 26.4 Å². The number of ketones is 1. The van der Waals surface area contributed by atoms with Crippen molar-refractivity contribution >= 4 is 35.6 Å². The van der Waals surface area contributed by atoms with Crippen molar-refractivity contribution in [2.45, 2.75) is 26.2 Å². The van der Waals surface area contributed by atoms with E-state index in [1.807, 2.05) is 42.9 Å². The number of ether oxygens (including phenoxy) is 2. The fourth-order valence-electron chi connectivity index (χ4n) is 4.77. The summed E-state index contributed by atoms with van der Waals surface area (Å²) in [4.78, 5) is 12.7. The minimum atomic E-state index is -1.76. The van der Waals surface area contributed by atoms with Crippen LogP contribution in [0.25, 0.3) is 17.2 Å². The van der Waals surface area contributed by atoms with Crippen LogP contribution < -0.4 is 14.9 Å². The number of carbonyl (C=O) groups excluding carboxylic acids is 1. The van der Waals surface area contributed by atoms with E-state index in [-0.39, 0.29) is 28.6 Å². The average Bonchev–Trinajstić information content (AvgIpc) is 3.36. The number of benzene rings is 2. The van der Waals surface area contributed by atoms with E-state index in [0.717, 1.165) is 39.1 Å². The number of aromatic nitrogens is 1. The van der Waals surface area contributed by atoms with Crippen molar-refractivity contribution in [1.82, 2.24) is 4.57 Å². The number of methoxy groups -OCH3 is 2. The Morgan fingerprint density at radius 2 is 1.78 bits per heavy atom. The lowest BCUT2D eigenvalue weighted by molar-refractivity contribution is -0.118. The van der Waals surface area contributed by atoms with Gasteiger partial charge < -0.3 is 24.1 Å². The Balaban J connectivity index is 1.70. The molecule has 0 saturated carbocycles. The Kier molecular flexibility index (Phi) is 7.47. The molecule has 36 heavy (non-hydrogen) atoms. The van der Waals surface area contributed by atoms with Crippen LogP contribution in [0.5, 0.6) is 11.5 Å². The Bertz CT molecular complexity index is 1350. The molecule has 1 heterocycles. The van der Waals surface area contributed by atoms with Crippen LogP contribution in [0.2, 0.25) is 0 Å². The fourth-order valence-corrected chi connectivity index (χ4v) is 4.77. The normalized spacial score (nSPS) is 13.8. The number of carbonyl (C=O) groups is 1. The van der Waals surface area contributed by atoms with Gasteiger partial charge in [0.1, 0.15) is 23.1 Å². The third kappa shape index (κ3) is 5.01. The fraction of sp³-hybridized carbons (Fsp3) is 0.250. The predicted octanol–water partition coefficient (Wildman–Crippen LogP) is 3.78. The number of allylic oxidation sites excluding steroid dienone is 3. The lowest BCUT2D eigenvalue weighted by Gasteiger charge is -2.14. The third-order valence-electron chi connectivity index (χ3n) is 6.67. The van der Waals surface area contributed by atoms with Gasteiger partial charge >= 0.3 is 7.12 Å². The number of halogens is 1. The van der Waals surface area contributed by atoms with Crippen molar-refractivity contribution < 1.29 is 28.7 Å². The van der Waals surface area contributed by atoms with Crippen LogP contribution in [-0.2, 0) is 18.3 Å². The first-order valence-corrected chi connectivity index (χ1v) is 11.7. The molecule has 1 aliphatic rings. The van der Waals surface area contributed by atoms with Crippen LogP contribution in [0.1, 0.15) is 42.1 Å². The number of nitrogens with zero attached hydrogens (tertiary/aromatic N) is 1. The molecule has 0 saturated heterocycles.